The van der Waals surface area contributed by atoms with Crippen molar-refractivity contribution in [2.45, 2.75) is 70.4 Å². The first-order valence-corrected chi connectivity index (χ1v) is 9.04. The number of aromatic nitrogens is 2. The molecular weight excluding hydrogens is 324 g/mol. The minimum absolute atomic E-state index is 0.128. The van der Waals surface area contributed by atoms with Gasteiger partial charge in [-0.25, -0.2) is 4.79 Å². The number of aliphatic hydroxyl groups is 1. The average molecular weight is 352 g/mol. The minimum atomic E-state index is -0.814. The third-order valence-corrected chi connectivity index (χ3v) is 4.90. The molecule has 1 aliphatic rings. The first kappa shape index (κ1) is 19.3. The molecule has 7 nitrogen and oxygen atoms in total. The molecule has 1 atom stereocenters. The van der Waals surface area contributed by atoms with Gasteiger partial charge in [0.1, 0.15) is 0 Å². The van der Waals surface area contributed by atoms with Crippen LogP contribution in [0.4, 0.5) is 0 Å². The second-order valence-corrected chi connectivity index (χ2v) is 6.74. The predicted molar refractivity (Wildman–Crippen MR) is 93.6 cm³/mol. The Morgan fingerprint density at radius 3 is 2.72 bits per heavy atom. The normalized spacial score (nSPS) is 16.7. The Hall–Kier alpha value is -2.02. The maximum absolute atomic E-state index is 12.0. The SMILES string of the molecule is O=C(O)CCCC=CCc1c(O)[nH]c(=O)n1CCC(O)C1CCCC1. The van der Waals surface area contributed by atoms with E-state index in [1.54, 1.807) is 0 Å². The van der Waals surface area contributed by atoms with Gasteiger partial charge >= 0.3 is 11.7 Å². The summed E-state index contributed by atoms with van der Waals surface area (Å²) in [7, 11) is 0. The molecule has 0 aliphatic heterocycles. The quantitative estimate of drug-likeness (QED) is 0.380. The molecule has 1 aromatic rings. The second-order valence-electron chi connectivity index (χ2n) is 6.74. The number of hydrogen-bond donors (Lipinski definition) is 4. The number of nitrogens with one attached hydrogen (secondary N) is 1. The van der Waals surface area contributed by atoms with Crippen LogP contribution in [0.25, 0.3) is 0 Å². The van der Waals surface area contributed by atoms with Crippen LogP contribution in [0.2, 0.25) is 0 Å². The smallest absolute Gasteiger partial charge is 0.328 e. The molecule has 1 heterocycles. The van der Waals surface area contributed by atoms with E-state index in [1.165, 1.54) is 4.57 Å². The lowest BCUT2D eigenvalue weighted by atomic mass is 9.98. The number of hydrogen-bond acceptors (Lipinski definition) is 4. The number of aliphatic carboxylic acids is 1. The summed E-state index contributed by atoms with van der Waals surface area (Å²) in [5, 5.41) is 28.8. The summed E-state index contributed by atoms with van der Waals surface area (Å²) < 4.78 is 1.48. The molecule has 0 radical (unpaired) electrons. The van der Waals surface area contributed by atoms with Crippen LogP contribution in [0.15, 0.2) is 16.9 Å². The number of aromatic amines is 1. The van der Waals surface area contributed by atoms with Crippen molar-refractivity contribution < 1.29 is 20.1 Å². The zero-order valence-electron chi connectivity index (χ0n) is 14.5. The zero-order valence-corrected chi connectivity index (χ0v) is 14.5. The van der Waals surface area contributed by atoms with Gasteiger partial charge < -0.3 is 15.3 Å². The predicted octanol–water partition coefficient (Wildman–Crippen LogP) is 2.18. The highest BCUT2D eigenvalue weighted by molar-refractivity contribution is 5.66. The van der Waals surface area contributed by atoms with Crippen LogP contribution < -0.4 is 5.69 Å². The Morgan fingerprint density at radius 2 is 2.04 bits per heavy atom. The van der Waals surface area contributed by atoms with E-state index >= 15 is 0 Å². The van der Waals surface area contributed by atoms with Crippen molar-refractivity contribution in [3.63, 3.8) is 0 Å². The number of unbranched alkanes of at least 4 members (excludes halogenated alkanes) is 1. The van der Waals surface area contributed by atoms with E-state index in [9.17, 15) is 19.8 Å². The fourth-order valence-corrected chi connectivity index (χ4v) is 3.46. The van der Waals surface area contributed by atoms with Gasteiger partial charge in [0.2, 0.25) is 5.88 Å². The molecule has 0 amide bonds. The van der Waals surface area contributed by atoms with Gasteiger partial charge in [0.15, 0.2) is 0 Å². The fraction of sp³-hybridized carbons (Fsp3) is 0.667. The first-order chi connectivity index (χ1) is 12.0. The number of carbonyl (C=O) groups is 1. The van der Waals surface area contributed by atoms with E-state index < -0.39 is 12.1 Å². The maximum atomic E-state index is 12.0. The summed E-state index contributed by atoms with van der Waals surface area (Å²) in [6.07, 6.45) is 9.89. The Labute approximate surface area is 147 Å². The van der Waals surface area contributed by atoms with Gasteiger partial charge in [-0.05, 0) is 38.0 Å². The highest BCUT2D eigenvalue weighted by Gasteiger charge is 2.23. The number of H-pyrrole nitrogens is 1. The van der Waals surface area contributed by atoms with Crippen LogP contribution in [0.3, 0.4) is 0 Å². The lowest BCUT2D eigenvalue weighted by molar-refractivity contribution is -0.137. The van der Waals surface area contributed by atoms with Gasteiger partial charge in [-0.15, -0.1) is 0 Å². The molecule has 0 spiro atoms. The van der Waals surface area contributed by atoms with E-state index in [1.807, 2.05) is 12.2 Å². The first-order valence-electron chi connectivity index (χ1n) is 9.04. The molecule has 0 saturated heterocycles. The van der Waals surface area contributed by atoms with Crippen LogP contribution in [-0.2, 0) is 17.8 Å². The summed E-state index contributed by atoms with van der Waals surface area (Å²) >= 11 is 0. The van der Waals surface area contributed by atoms with E-state index in [2.05, 4.69) is 4.98 Å². The molecule has 0 bridgehead atoms. The third kappa shape index (κ3) is 5.77. The monoisotopic (exact) mass is 352 g/mol. The number of aromatic hydroxyl groups is 1. The van der Waals surface area contributed by atoms with Gasteiger partial charge in [0.25, 0.3) is 0 Å². The molecule has 25 heavy (non-hydrogen) atoms. The molecule has 7 heteroatoms. The number of carboxylic acid groups (broad SMARTS) is 1. The highest BCUT2D eigenvalue weighted by Crippen LogP contribution is 2.29. The van der Waals surface area contributed by atoms with Gasteiger partial charge in [-0.2, -0.15) is 0 Å². The summed E-state index contributed by atoms with van der Waals surface area (Å²) in [6, 6.07) is 0. The van der Waals surface area contributed by atoms with Crippen molar-refractivity contribution in [1.82, 2.24) is 9.55 Å². The van der Waals surface area contributed by atoms with Crippen LogP contribution in [0, 0.1) is 5.92 Å². The second kappa shape index (κ2) is 9.46. The minimum Gasteiger partial charge on any atom is -0.493 e. The van der Waals surface area contributed by atoms with Gasteiger partial charge in [-0.3, -0.25) is 14.3 Å². The van der Waals surface area contributed by atoms with Crippen molar-refractivity contribution in [1.29, 1.82) is 0 Å². The van der Waals surface area contributed by atoms with Gasteiger partial charge in [0, 0.05) is 19.4 Å². The number of nitrogens with zero attached hydrogens (tertiary/aromatic N) is 1. The van der Waals surface area contributed by atoms with Crippen molar-refractivity contribution in [3.8, 4) is 5.88 Å². The molecular formula is C18H28N2O5. The van der Waals surface area contributed by atoms with Crippen LogP contribution in [-0.4, -0.2) is 36.9 Å². The van der Waals surface area contributed by atoms with Crippen LogP contribution >= 0.6 is 0 Å². The zero-order chi connectivity index (χ0) is 18.2. The molecule has 1 saturated carbocycles. The number of carboxylic acids is 1. The molecule has 140 valence electrons. The number of rotatable bonds is 10. The lowest BCUT2D eigenvalue weighted by Gasteiger charge is -2.18. The highest BCUT2D eigenvalue weighted by atomic mass is 16.4. The summed E-state index contributed by atoms with van der Waals surface area (Å²) in [5.41, 5.74) is 0.128. The molecule has 1 aliphatic carbocycles. The number of allylic oxidation sites excluding steroid dienone is 2. The summed E-state index contributed by atoms with van der Waals surface area (Å²) in [6.45, 7) is 0.371. The van der Waals surface area contributed by atoms with Crippen molar-refractivity contribution in [3.05, 3.63) is 28.3 Å². The maximum Gasteiger partial charge on any atom is 0.328 e. The Morgan fingerprint density at radius 1 is 1.32 bits per heavy atom. The lowest BCUT2D eigenvalue weighted by Crippen LogP contribution is -2.25. The summed E-state index contributed by atoms with van der Waals surface area (Å²) in [5.74, 6) is -0.636. The van der Waals surface area contributed by atoms with Crippen LogP contribution in [0.5, 0.6) is 5.88 Å². The Balaban J connectivity index is 1.89. The van der Waals surface area contributed by atoms with Gasteiger partial charge in [0.05, 0.1) is 11.8 Å². The number of imidazole rings is 1. The van der Waals surface area contributed by atoms with E-state index in [0.29, 0.717) is 43.8 Å². The van der Waals surface area contributed by atoms with Crippen LogP contribution in [0.1, 0.15) is 57.1 Å². The van der Waals surface area contributed by atoms with E-state index in [0.717, 1.165) is 25.7 Å². The molecule has 2 rings (SSSR count). The van der Waals surface area contributed by atoms with Gasteiger partial charge in [-0.1, -0.05) is 25.0 Å². The van der Waals surface area contributed by atoms with E-state index in [-0.39, 0.29) is 18.0 Å². The van der Waals surface area contributed by atoms with Crippen molar-refractivity contribution in [2.75, 3.05) is 0 Å². The Bertz CT molecular complexity index is 640. The standard InChI is InChI=1S/C18H28N2O5/c21-15(13-7-5-6-8-13)11-12-20-14(17(24)19-18(20)25)9-3-1-2-4-10-16(22)23/h1,3,13,15,21,24H,2,4-12H2,(H,19,25)(H,22,23). The number of aliphatic hydroxyl groups excluding tert-OH is 1. The van der Waals surface area contributed by atoms with Crippen molar-refractivity contribution in [2.24, 2.45) is 5.92 Å². The molecule has 1 aromatic heterocycles. The molecule has 4 N–H and O–H groups in total. The topological polar surface area (TPSA) is 116 Å². The summed E-state index contributed by atoms with van der Waals surface area (Å²) in [4.78, 5) is 24.8. The molecule has 1 fully saturated rings. The third-order valence-electron chi connectivity index (χ3n) is 4.90. The largest absolute Gasteiger partial charge is 0.493 e. The average Bonchev–Trinajstić information content (AvgIpc) is 3.17. The Kier molecular flexibility index (Phi) is 7.31. The molecule has 0 aromatic carbocycles. The van der Waals surface area contributed by atoms with Crippen molar-refractivity contribution >= 4 is 5.97 Å². The van der Waals surface area contributed by atoms with E-state index in [4.69, 9.17) is 5.11 Å². The fourth-order valence-electron chi connectivity index (χ4n) is 3.46. The molecule has 1 unspecified atom stereocenters.